The maximum Gasteiger partial charge on any atom is 0.342 e. The van der Waals surface area contributed by atoms with Crippen LogP contribution in [0, 0.1) is 20.8 Å². The lowest BCUT2D eigenvalue weighted by Gasteiger charge is -2.31. The molecular weight excluding hydrogens is 388 g/mol. The summed E-state index contributed by atoms with van der Waals surface area (Å²) in [5, 5.41) is 1.07. The number of likely N-dealkylation sites (tertiary alicyclic amines) is 1. The number of ether oxygens (including phenoxy) is 1. The molecule has 0 unspecified atom stereocenters. The summed E-state index contributed by atoms with van der Waals surface area (Å²) in [6.45, 7) is 6.39. The predicted molar refractivity (Wildman–Crippen MR) is 111 cm³/mol. The Morgan fingerprint density at radius 3 is 2.76 bits per heavy atom. The van der Waals surface area contributed by atoms with Crippen molar-refractivity contribution in [3.63, 3.8) is 0 Å². The Balaban J connectivity index is 1.39. The van der Waals surface area contributed by atoms with E-state index in [0.717, 1.165) is 28.9 Å². The number of aromatic nitrogens is 1. The van der Waals surface area contributed by atoms with Crippen LogP contribution >= 0.6 is 11.3 Å². The van der Waals surface area contributed by atoms with Crippen molar-refractivity contribution in [2.75, 3.05) is 19.7 Å². The summed E-state index contributed by atoms with van der Waals surface area (Å²) in [4.78, 5) is 31.6. The Hall–Kier alpha value is -2.67. The summed E-state index contributed by atoms with van der Waals surface area (Å²) in [6, 6.07) is 8.09. The molecule has 4 rings (SSSR count). The summed E-state index contributed by atoms with van der Waals surface area (Å²) in [5.74, 6) is 0.758. The normalized spacial score (nSPS) is 16.9. The number of furan rings is 1. The first-order valence-corrected chi connectivity index (χ1v) is 10.6. The van der Waals surface area contributed by atoms with Crippen molar-refractivity contribution < 1.29 is 18.7 Å². The van der Waals surface area contributed by atoms with E-state index < -0.39 is 5.97 Å². The summed E-state index contributed by atoms with van der Waals surface area (Å²) < 4.78 is 11.9. The number of fused-ring (bicyclic) bond motifs is 1. The number of esters is 1. The van der Waals surface area contributed by atoms with Gasteiger partial charge in [0.15, 0.2) is 6.61 Å². The molecule has 0 N–H and O–H groups in total. The van der Waals surface area contributed by atoms with E-state index in [1.165, 1.54) is 4.70 Å². The van der Waals surface area contributed by atoms with Gasteiger partial charge in [0.05, 0.1) is 15.2 Å². The highest BCUT2D eigenvalue weighted by molar-refractivity contribution is 7.18. The van der Waals surface area contributed by atoms with Crippen LogP contribution in [-0.2, 0) is 9.53 Å². The zero-order valence-corrected chi connectivity index (χ0v) is 17.7. The maximum atomic E-state index is 12.7. The highest BCUT2D eigenvalue weighted by Gasteiger charge is 2.28. The zero-order valence-electron chi connectivity index (χ0n) is 16.9. The molecule has 0 saturated carbocycles. The van der Waals surface area contributed by atoms with Gasteiger partial charge in [0.1, 0.15) is 17.1 Å². The van der Waals surface area contributed by atoms with Crippen LogP contribution < -0.4 is 0 Å². The number of aryl methyl sites for hydroxylation is 2. The van der Waals surface area contributed by atoms with E-state index in [4.69, 9.17) is 14.1 Å². The van der Waals surface area contributed by atoms with Gasteiger partial charge in [0.2, 0.25) is 0 Å². The van der Waals surface area contributed by atoms with Gasteiger partial charge in [-0.1, -0.05) is 12.1 Å². The monoisotopic (exact) mass is 412 g/mol. The molecule has 152 valence electrons. The molecule has 1 amide bonds. The van der Waals surface area contributed by atoms with E-state index in [1.807, 2.05) is 25.1 Å². The molecule has 1 aromatic carbocycles. The molecule has 2 aromatic heterocycles. The van der Waals surface area contributed by atoms with E-state index in [2.05, 4.69) is 6.07 Å². The Labute approximate surface area is 173 Å². The number of carbonyl (C=O) groups excluding carboxylic acids is 2. The zero-order chi connectivity index (χ0) is 20.5. The van der Waals surface area contributed by atoms with Crippen molar-refractivity contribution in [1.29, 1.82) is 0 Å². The van der Waals surface area contributed by atoms with Crippen molar-refractivity contribution in [2.45, 2.75) is 39.5 Å². The van der Waals surface area contributed by atoms with E-state index in [9.17, 15) is 9.59 Å². The van der Waals surface area contributed by atoms with Crippen LogP contribution in [0.25, 0.3) is 10.2 Å². The lowest BCUT2D eigenvalue weighted by molar-refractivity contribution is -0.135. The van der Waals surface area contributed by atoms with E-state index in [-0.39, 0.29) is 18.4 Å². The standard InChI is InChI=1S/C22H24N2O4S/c1-13-14(2)28-15(3)20(13)22(26)27-12-19(25)24-10-6-7-16(11-24)21-23-17-8-4-5-9-18(17)29-21/h4-5,8-9,16H,6-7,10-12H2,1-3H3/t16-/m0/s1. The number of amides is 1. The first-order valence-electron chi connectivity index (χ1n) is 9.81. The van der Waals surface area contributed by atoms with Gasteiger partial charge in [0.25, 0.3) is 5.91 Å². The molecular formula is C22H24N2O4S. The summed E-state index contributed by atoms with van der Waals surface area (Å²) in [6.07, 6.45) is 1.93. The lowest BCUT2D eigenvalue weighted by Crippen LogP contribution is -2.41. The number of carbonyl (C=O) groups is 2. The number of hydrogen-bond donors (Lipinski definition) is 0. The van der Waals surface area contributed by atoms with Gasteiger partial charge >= 0.3 is 5.97 Å². The average Bonchev–Trinajstić information content (AvgIpc) is 3.26. The molecule has 1 fully saturated rings. The minimum Gasteiger partial charge on any atom is -0.465 e. The number of rotatable bonds is 4. The first-order chi connectivity index (χ1) is 13.9. The number of thiazole rings is 1. The second-order valence-corrected chi connectivity index (χ2v) is 8.55. The number of hydrogen-bond acceptors (Lipinski definition) is 6. The number of piperidine rings is 1. The van der Waals surface area contributed by atoms with E-state index in [1.54, 1.807) is 30.1 Å². The SMILES string of the molecule is Cc1oc(C)c(C(=O)OCC(=O)N2CCC[C@H](c3nc4ccccc4s3)C2)c1C. The van der Waals surface area contributed by atoms with Crippen molar-refractivity contribution in [2.24, 2.45) is 0 Å². The second kappa shape index (κ2) is 7.99. The number of nitrogens with zero attached hydrogens (tertiary/aromatic N) is 2. The Bertz CT molecular complexity index is 1040. The molecule has 0 spiro atoms. The van der Waals surface area contributed by atoms with E-state index >= 15 is 0 Å². The van der Waals surface area contributed by atoms with Crippen LogP contribution in [0.2, 0.25) is 0 Å². The molecule has 0 bridgehead atoms. The van der Waals surface area contributed by atoms with Gasteiger partial charge < -0.3 is 14.1 Å². The van der Waals surface area contributed by atoms with Crippen LogP contribution in [0.4, 0.5) is 0 Å². The van der Waals surface area contributed by atoms with Crippen LogP contribution in [0.3, 0.4) is 0 Å². The second-order valence-electron chi connectivity index (χ2n) is 7.49. The van der Waals surface area contributed by atoms with Gasteiger partial charge in [0, 0.05) is 24.6 Å². The third-order valence-electron chi connectivity index (χ3n) is 5.53. The number of para-hydroxylation sites is 1. The lowest BCUT2D eigenvalue weighted by atomic mass is 9.99. The Kier molecular flexibility index (Phi) is 5.41. The predicted octanol–water partition coefficient (Wildman–Crippen LogP) is 4.38. The average molecular weight is 413 g/mol. The fourth-order valence-corrected chi connectivity index (χ4v) is 4.95. The smallest absolute Gasteiger partial charge is 0.342 e. The first kappa shape index (κ1) is 19.6. The Morgan fingerprint density at radius 1 is 1.24 bits per heavy atom. The fourth-order valence-electron chi connectivity index (χ4n) is 3.85. The van der Waals surface area contributed by atoms with Gasteiger partial charge in [-0.25, -0.2) is 9.78 Å². The van der Waals surface area contributed by atoms with Crippen LogP contribution in [0.15, 0.2) is 28.7 Å². The molecule has 1 saturated heterocycles. The van der Waals surface area contributed by atoms with Gasteiger partial charge in [-0.3, -0.25) is 4.79 Å². The summed E-state index contributed by atoms with van der Waals surface area (Å²) >= 11 is 1.69. The minimum absolute atomic E-state index is 0.167. The molecule has 3 aromatic rings. The van der Waals surface area contributed by atoms with Crippen molar-refractivity contribution in [3.8, 4) is 0 Å². The van der Waals surface area contributed by atoms with Crippen LogP contribution in [0.5, 0.6) is 0 Å². The van der Waals surface area contributed by atoms with Crippen LogP contribution in [-0.4, -0.2) is 41.5 Å². The van der Waals surface area contributed by atoms with E-state index in [0.29, 0.717) is 30.2 Å². The third kappa shape index (κ3) is 3.92. The van der Waals surface area contributed by atoms with Crippen molar-refractivity contribution >= 4 is 33.4 Å². The summed E-state index contributed by atoms with van der Waals surface area (Å²) in [5.41, 5.74) is 2.18. The van der Waals surface area contributed by atoms with Crippen LogP contribution in [0.1, 0.15) is 51.2 Å². The van der Waals surface area contributed by atoms with Crippen molar-refractivity contribution in [1.82, 2.24) is 9.88 Å². The molecule has 0 radical (unpaired) electrons. The topological polar surface area (TPSA) is 72.6 Å². The molecule has 1 atom stereocenters. The maximum absolute atomic E-state index is 12.7. The molecule has 6 nitrogen and oxygen atoms in total. The molecule has 29 heavy (non-hydrogen) atoms. The summed E-state index contributed by atoms with van der Waals surface area (Å²) in [7, 11) is 0. The highest BCUT2D eigenvalue weighted by atomic mass is 32.1. The molecule has 3 heterocycles. The van der Waals surface area contributed by atoms with Gasteiger partial charge in [-0.2, -0.15) is 0 Å². The minimum atomic E-state index is -0.509. The fraction of sp³-hybridized carbons (Fsp3) is 0.409. The van der Waals surface area contributed by atoms with Crippen molar-refractivity contribution in [3.05, 3.63) is 51.9 Å². The largest absolute Gasteiger partial charge is 0.465 e. The molecule has 1 aliphatic heterocycles. The quantitative estimate of drug-likeness (QED) is 0.595. The van der Waals surface area contributed by atoms with Gasteiger partial charge in [-0.15, -0.1) is 11.3 Å². The van der Waals surface area contributed by atoms with Gasteiger partial charge in [-0.05, 0) is 45.7 Å². The third-order valence-corrected chi connectivity index (χ3v) is 6.72. The number of benzene rings is 1. The molecule has 1 aliphatic rings. The Morgan fingerprint density at radius 2 is 2.03 bits per heavy atom. The molecule has 7 heteroatoms. The highest BCUT2D eigenvalue weighted by Crippen LogP contribution is 2.33. The molecule has 0 aliphatic carbocycles.